The molecule has 1 aliphatic heterocycles. The molecule has 108 valence electrons. The molecule has 20 heavy (non-hydrogen) atoms. The van der Waals surface area contributed by atoms with Crippen LogP contribution in [0.4, 0.5) is 5.69 Å². The molecule has 1 saturated carbocycles. The number of anilines is 1. The number of ether oxygens (including phenoxy) is 2. The van der Waals surface area contributed by atoms with E-state index < -0.39 is 0 Å². The molecule has 1 aliphatic carbocycles. The first-order chi connectivity index (χ1) is 9.73. The Morgan fingerprint density at radius 3 is 2.35 bits per heavy atom. The molecule has 0 aromatic heterocycles. The summed E-state index contributed by atoms with van der Waals surface area (Å²) in [6.45, 7) is 0. The van der Waals surface area contributed by atoms with Gasteiger partial charge in [0.05, 0.1) is 19.8 Å². The minimum atomic E-state index is 0.204. The van der Waals surface area contributed by atoms with E-state index in [0.29, 0.717) is 0 Å². The van der Waals surface area contributed by atoms with Crippen LogP contribution in [0.2, 0.25) is 0 Å². The second-order valence-electron chi connectivity index (χ2n) is 5.36. The molecule has 1 fully saturated rings. The Kier molecular flexibility index (Phi) is 3.78. The fourth-order valence-corrected chi connectivity index (χ4v) is 4.05. The standard InChI is InChI=1S/C15H20N2O2S/c1-18-12-7-11(8-13(9-12)19-2)16-14-17-15(10-20-14)5-3-4-6-15/h7-9H,3-6,10H2,1-2H3,(H,16,17). The summed E-state index contributed by atoms with van der Waals surface area (Å²) in [6.07, 6.45) is 5.08. The summed E-state index contributed by atoms with van der Waals surface area (Å²) in [5.41, 5.74) is 1.16. The van der Waals surface area contributed by atoms with Gasteiger partial charge in [0.25, 0.3) is 0 Å². The molecule has 4 nitrogen and oxygen atoms in total. The lowest BCUT2D eigenvalue weighted by atomic mass is 10.0. The van der Waals surface area contributed by atoms with Crippen LogP contribution < -0.4 is 14.8 Å². The minimum absolute atomic E-state index is 0.204. The van der Waals surface area contributed by atoms with Gasteiger partial charge in [-0.15, -0.1) is 0 Å². The van der Waals surface area contributed by atoms with Crippen molar-refractivity contribution in [1.29, 1.82) is 0 Å². The number of nitrogens with zero attached hydrogens (tertiary/aromatic N) is 1. The smallest absolute Gasteiger partial charge is 0.161 e. The molecule has 1 heterocycles. The van der Waals surface area contributed by atoms with Crippen LogP contribution in [0.3, 0.4) is 0 Å². The fourth-order valence-electron chi connectivity index (χ4n) is 2.84. The number of amidine groups is 1. The van der Waals surface area contributed by atoms with Crippen LogP contribution in [0, 0.1) is 0 Å². The van der Waals surface area contributed by atoms with Gasteiger partial charge in [-0.05, 0) is 12.8 Å². The predicted octanol–water partition coefficient (Wildman–Crippen LogP) is 3.53. The zero-order chi connectivity index (χ0) is 14.0. The van der Waals surface area contributed by atoms with Crippen LogP contribution >= 0.6 is 11.8 Å². The maximum absolute atomic E-state index is 5.29. The number of rotatable bonds is 3. The molecule has 0 saturated heterocycles. The number of hydrogen-bond donors (Lipinski definition) is 1. The van der Waals surface area contributed by atoms with Gasteiger partial charge in [0.15, 0.2) is 5.17 Å². The third-order valence-electron chi connectivity index (χ3n) is 3.95. The van der Waals surface area contributed by atoms with Crippen molar-refractivity contribution in [2.75, 3.05) is 25.3 Å². The van der Waals surface area contributed by atoms with Crippen LogP contribution in [0.15, 0.2) is 23.2 Å². The van der Waals surface area contributed by atoms with E-state index in [9.17, 15) is 0 Å². The molecule has 0 radical (unpaired) electrons. The van der Waals surface area contributed by atoms with Gasteiger partial charge in [0.2, 0.25) is 0 Å². The zero-order valence-corrected chi connectivity index (χ0v) is 12.8. The number of aliphatic imine (C=N–C) groups is 1. The van der Waals surface area contributed by atoms with Crippen molar-refractivity contribution in [2.45, 2.75) is 31.2 Å². The number of thioether (sulfide) groups is 1. The van der Waals surface area contributed by atoms with Crippen molar-refractivity contribution in [1.82, 2.24) is 0 Å². The number of hydrogen-bond acceptors (Lipinski definition) is 5. The largest absolute Gasteiger partial charge is 0.497 e. The Hall–Kier alpha value is -1.36. The molecule has 0 unspecified atom stereocenters. The Morgan fingerprint density at radius 2 is 1.75 bits per heavy atom. The minimum Gasteiger partial charge on any atom is -0.497 e. The van der Waals surface area contributed by atoms with E-state index in [0.717, 1.165) is 28.1 Å². The summed E-state index contributed by atoms with van der Waals surface area (Å²) in [4.78, 5) is 4.91. The maximum Gasteiger partial charge on any atom is 0.161 e. The summed E-state index contributed by atoms with van der Waals surface area (Å²) in [6, 6.07) is 5.80. The number of methoxy groups -OCH3 is 2. The molecule has 2 aliphatic rings. The molecule has 0 atom stereocenters. The maximum atomic E-state index is 5.29. The summed E-state index contributed by atoms with van der Waals surface area (Å²) in [7, 11) is 3.32. The van der Waals surface area contributed by atoms with Gasteiger partial charge in [-0.3, -0.25) is 4.99 Å². The van der Waals surface area contributed by atoms with Gasteiger partial charge < -0.3 is 14.8 Å². The highest BCUT2D eigenvalue weighted by Crippen LogP contribution is 2.41. The Labute approximate surface area is 123 Å². The molecule has 0 amide bonds. The molecule has 5 heteroatoms. The van der Waals surface area contributed by atoms with Crippen molar-refractivity contribution in [3.63, 3.8) is 0 Å². The highest BCUT2D eigenvalue weighted by Gasteiger charge is 2.38. The average molecular weight is 292 g/mol. The van der Waals surface area contributed by atoms with Crippen LogP contribution in [0.1, 0.15) is 25.7 Å². The average Bonchev–Trinajstić information content (AvgIpc) is 3.09. The van der Waals surface area contributed by atoms with E-state index >= 15 is 0 Å². The van der Waals surface area contributed by atoms with Crippen molar-refractivity contribution in [2.24, 2.45) is 4.99 Å². The van der Waals surface area contributed by atoms with Crippen LogP contribution in [0.25, 0.3) is 0 Å². The van der Waals surface area contributed by atoms with Crippen LogP contribution in [-0.4, -0.2) is 30.7 Å². The first-order valence-corrected chi connectivity index (χ1v) is 7.94. The van der Waals surface area contributed by atoms with Gasteiger partial charge in [0, 0.05) is 29.6 Å². The monoisotopic (exact) mass is 292 g/mol. The summed E-state index contributed by atoms with van der Waals surface area (Å²) in [5, 5.41) is 4.41. The number of benzene rings is 1. The molecule has 1 aromatic carbocycles. The van der Waals surface area contributed by atoms with Crippen LogP contribution in [0.5, 0.6) is 11.5 Å². The Bertz CT molecular complexity index is 502. The molecule has 1 spiro atoms. The van der Waals surface area contributed by atoms with Crippen molar-refractivity contribution >= 4 is 22.6 Å². The van der Waals surface area contributed by atoms with E-state index in [4.69, 9.17) is 14.5 Å². The highest BCUT2D eigenvalue weighted by molar-refractivity contribution is 8.14. The summed E-state index contributed by atoms with van der Waals surface area (Å²) < 4.78 is 10.6. The van der Waals surface area contributed by atoms with Crippen molar-refractivity contribution in [3.05, 3.63) is 18.2 Å². The lowest BCUT2D eigenvalue weighted by Crippen LogP contribution is -2.21. The SMILES string of the molecule is COc1cc(NC2=NC3(CCCC3)CS2)cc(OC)c1. The van der Waals surface area contributed by atoms with Gasteiger partial charge in [0.1, 0.15) is 11.5 Å². The van der Waals surface area contributed by atoms with E-state index in [-0.39, 0.29) is 5.54 Å². The molecule has 1 N–H and O–H groups in total. The molecule has 0 bridgehead atoms. The van der Waals surface area contributed by atoms with Gasteiger partial charge in [-0.2, -0.15) is 0 Å². The summed E-state index contributed by atoms with van der Waals surface area (Å²) >= 11 is 1.82. The normalized spacial score (nSPS) is 20.0. The Balaban J connectivity index is 1.78. The lowest BCUT2D eigenvalue weighted by Gasteiger charge is -2.16. The first kappa shape index (κ1) is 13.6. The van der Waals surface area contributed by atoms with Crippen molar-refractivity contribution in [3.8, 4) is 11.5 Å². The molecule has 1 aromatic rings. The van der Waals surface area contributed by atoms with Crippen molar-refractivity contribution < 1.29 is 9.47 Å². The third kappa shape index (κ3) is 2.73. The third-order valence-corrected chi connectivity index (χ3v) is 5.10. The fraction of sp³-hybridized carbons (Fsp3) is 0.533. The van der Waals surface area contributed by atoms with E-state index in [1.165, 1.54) is 25.7 Å². The predicted molar refractivity (Wildman–Crippen MR) is 84.3 cm³/mol. The summed E-state index contributed by atoms with van der Waals surface area (Å²) in [5.74, 6) is 2.67. The van der Waals surface area contributed by atoms with E-state index in [1.54, 1.807) is 14.2 Å². The van der Waals surface area contributed by atoms with E-state index in [1.807, 2.05) is 30.0 Å². The number of nitrogens with one attached hydrogen (secondary N) is 1. The first-order valence-electron chi connectivity index (χ1n) is 6.96. The zero-order valence-electron chi connectivity index (χ0n) is 11.9. The second kappa shape index (κ2) is 5.56. The quantitative estimate of drug-likeness (QED) is 0.925. The lowest BCUT2D eigenvalue weighted by molar-refractivity contribution is 0.395. The van der Waals surface area contributed by atoms with E-state index in [2.05, 4.69) is 5.32 Å². The van der Waals surface area contributed by atoms with Gasteiger partial charge in [-0.25, -0.2) is 0 Å². The molecular weight excluding hydrogens is 272 g/mol. The van der Waals surface area contributed by atoms with Gasteiger partial charge >= 0.3 is 0 Å². The second-order valence-corrected chi connectivity index (χ2v) is 6.33. The molecular formula is C15H20N2O2S. The highest BCUT2D eigenvalue weighted by atomic mass is 32.2. The van der Waals surface area contributed by atoms with Gasteiger partial charge in [-0.1, -0.05) is 24.6 Å². The molecule has 3 rings (SSSR count). The Morgan fingerprint density at radius 1 is 1.10 bits per heavy atom. The van der Waals surface area contributed by atoms with Crippen LogP contribution in [-0.2, 0) is 0 Å². The topological polar surface area (TPSA) is 42.8 Å².